The summed E-state index contributed by atoms with van der Waals surface area (Å²) in [5.74, 6) is 0. The van der Waals surface area contributed by atoms with Crippen molar-refractivity contribution in [3.63, 3.8) is 0 Å². The van der Waals surface area contributed by atoms with Gasteiger partial charge in [0, 0.05) is 0 Å². The molecule has 0 aliphatic heterocycles. The molecule has 0 aromatic heterocycles. The van der Waals surface area contributed by atoms with Crippen LogP contribution in [0.5, 0.6) is 0 Å². The van der Waals surface area contributed by atoms with Crippen LogP contribution >= 0.6 is 0 Å². The van der Waals surface area contributed by atoms with Crippen molar-refractivity contribution in [2.45, 2.75) is 64.2 Å². The number of sulfonamides is 1. The molecule has 142 valence electrons. The Labute approximate surface area is 161 Å². The number of nitrogens with one attached hydrogen (secondary N) is 1. The van der Waals surface area contributed by atoms with E-state index >= 15 is 0 Å². The van der Waals surface area contributed by atoms with Gasteiger partial charge in [0.15, 0.2) is 0 Å². The fourth-order valence-corrected chi connectivity index (χ4v) is 4.57. The van der Waals surface area contributed by atoms with Crippen molar-refractivity contribution in [1.29, 1.82) is 0 Å². The molecule has 0 fully saturated rings. The Morgan fingerprint density at radius 1 is 0.960 bits per heavy atom. The van der Waals surface area contributed by atoms with E-state index in [9.17, 15) is 8.42 Å². The average molecular weight is 432 g/mol. The van der Waals surface area contributed by atoms with Gasteiger partial charge in [-0.25, -0.2) is 0 Å². The number of nitrogens with zero attached hydrogens (tertiary/aromatic N) is 1. The van der Waals surface area contributed by atoms with E-state index in [-0.39, 0.29) is 0 Å². The second-order valence-corrected chi connectivity index (χ2v) is 8.75. The second-order valence-electron chi connectivity index (χ2n) is 6.17. The van der Waals surface area contributed by atoms with E-state index < -0.39 is 10.0 Å². The minimum absolute atomic E-state index is 0.328. The number of benzene rings is 1. The molecule has 0 atom stereocenters. The van der Waals surface area contributed by atoms with Gasteiger partial charge in [-0.1, -0.05) is 19.8 Å². The van der Waals surface area contributed by atoms with Crippen molar-refractivity contribution in [2.24, 2.45) is 0 Å². The van der Waals surface area contributed by atoms with Gasteiger partial charge in [0.05, 0.1) is 0 Å². The van der Waals surface area contributed by atoms with Gasteiger partial charge in [-0.15, -0.1) is 0 Å². The summed E-state index contributed by atoms with van der Waals surface area (Å²) in [6.45, 7) is 8.74. The first-order valence-electron chi connectivity index (χ1n) is 9.35. The topological polar surface area (TPSA) is 49.4 Å². The van der Waals surface area contributed by atoms with Crippen LogP contribution in [0.1, 0.15) is 64.9 Å². The van der Waals surface area contributed by atoms with Crippen LogP contribution < -0.4 is 4.72 Å². The molecule has 1 aromatic carbocycles. The normalized spacial score (nSPS) is 11.5. The first kappa shape index (κ1) is 22.4. The van der Waals surface area contributed by atoms with Crippen LogP contribution in [0.15, 0.2) is 29.2 Å². The first-order valence-corrected chi connectivity index (χ1v) is 11.7. The van der Waals surface area contributed by atoms with Crippen molar-refractivity contribution >= 4 is 30.1 Å². The van der Waals surface area contributed by atoms with Crippen LogP contribution in [0.4, 0.5) is 0 Å². The fourth-order valence-electron chi connectivity index (χ4n) is 2.67. The summed E-state index contributed by atoms with van der Waals surface area (Å²) in [6.07, 6.45) is 6.89. The Bertz CT molecular complexity index is 611. The summed E-state index contributed by atoms with van der Waals surface area (Å²) in [5.41, 5.74) is 1.01. The molecule has 25 heavy (non-hydrogen) atoms. The quantitative estimate of drug-likeness (QED) is 0.385. The standard InChI is InChI=1S/C19H32N2O2SSe/c1-4-7-8-9-10-11-16-20-24(22,23)18-14-12-17(13-15-18)19(25)21(5-2)6-3/h12-15,20H,4-11,16H2,1-3H3. The Morgan fingerprint density at radius 2 is 1.52 bits per heavy atom. The third kappa shape index (κ3) is 7.61. The van der Waals surface area contributed by atoms with Gasteiger partial charge in [-0.05, 0) is 0 Å². The maximum absolute atomic E-state index is 12.4. The molecule has 0 aliphatic rings. The van der Waals surface area contributed by atoms with E-state index in [0.717, 1.165) is 36.0 Å². The summed E-state index contributed by atoms with van der Waals surface area (Å²) < 4.78 is 28.5. The van der Waals surface area contributed by atoms with Gasteiger partial charge in [0.2, 0.25) is 0 Å². The van der Waals surface area contributed by atoms with Gasteiger partial charge in [0.1, 0.15) is 0 Å². The predicted molar refractivity (Wildman–Crippen MR) is 108 cm³/mol. The van der Waals surface area contributed by atoms with Gasteiger partial charge in [0.25, 0.3) is 0 Å². The zero-order valence-electron chi connectivity index (χ0n) is 15.8. The fraction of sp³-hybridized carbons (Fsp3) is 0.632. The first-order chi connectivity index (χ1) is 12.0. The van der Waals surface area contributed by atoms with E-state index in [1.807, 2.05) is 12.1 Å². The van der Waals surface area contributed by atoms with Crippen LogP contribution in [0.2, 0.25) is 0 Å². The SMILES string of the molecule is CCCCCCCCNS(=O)(=O)c1ccc(C(=[Se])N(CC)CC)cc1. The Morgan fingerprint density at radius 3 is 2.08 bits per heavy atom. The van der Waals surface area contributed by atoms with E-state index in [4.69, 9.17) is 0 Å². The number of unbranched alkanes of at least 4 members (excludes halogenated alkanes) is 5. The van der Waals surface area contributed by atoms with Crippen LogP contribution in [0.3, 0.4) is 0 Å². The maximum atomic E-state index is 12.4. The monoisotopic (exact) mass is 432 g/mol. The van der Waals surface area contributed by atoms with E-state index in [1.54, 1.807) is 12.1 Å². The molecule has 0 aliphatic carbocycles. The zero-order valence-corrected chi connectivity index (χ0v) is 18.3. The molecule has 0 amide bonds. The van der Waals surface area contributed by atoms with Crippen molar-refractivity contribution in [3.05, 3.63) is 29.8 Å². The van der Waals surface area contributed by atoms with Gasteiger partial charge < -0.3 is 0 Å². The van der Waals surface area contributed by atoms with Crippen molar-refractivity contribution in [2.75, 3.05) is 19.6 Å². The molecule has 4 nitrogen and oxygen atoms in total. The summed E-state index contributed by atoms with van der Waals surface area (Å²) in [7, 11) is -3.41. The molecule has 0 saturated carbocycles. The van der Waals surface area contributed by atoms with Crippen molar-refractivity contribution < 1.29 is 8.42 Å². The number of hydrogen-bond acceptors (Lipinski definition) is 3. The molecule has 0 radical (unpaired) electrons. The third-order valence-corrected chi connectivity index (χ3v) is 6.80. The molecular formula is C19H32N2O2SSe. The molecule has 0 unspecified atom stereocenters. The molecule has 0 saturated heterocycles. The Kier molecular flexibility index (Phi) is 10.6. The van der Waals surface area contributed by atoms with E-state index in [0.29, 0.717) is 11.4 Å². The Hall–Kier alpha value is -0.681. The minimum atomic E-state index is -3.41. The molecular weight excluding hydrogens is 399 g/mol. The van der Waals surface area contributed by atoms with Crippen LogP contribution in [-0.4, -0.2) is 53.1 Å². The van der Waals surface area contributed by atoms with Gasteiger partial charge >= 0.3 is 142 Å². The van der Waals surface area contributed by atoms with Crippen molar-refractivity contribution in [1.82, 2.24) is 9.62 Å². The predicted octanol–water partition coefficient (Wildman–Crippen LogP) is 3.31. The Balaban J connectivity index is 2.54. The van der Waals surface area contributed by atoms with Gasteiger partial charge in [-0.2, -0.15) is 0 Å². The molecule has 1 rings (SSSR count). The number of hydrogen-bond donors (Lipinski definition) is 1. The molecule has 1 aromatic rings. The summed E-state index contributed by atoms with van der Waals surface area (Å²) in [6, 6.07) is 7.09. The third-order valence-electron chi connectivity index (χ3n) is 4.28. The second kappa shape index (κ2) is 11.8. The van der Waals surface area contributed by atoms with E-state index in [2.05, 4.69) is 46.0 Å². The summed E-state index contributed by atoms with van der Waals surface area (Å²) >= 11 is 3.09. The number of rotatable bonds is 13. The molecule has 6 heteroatoms. The summed E-state index contributed by atoms with van der Waals surface area (Å²) in [5, 5.41) is 0. The molecule has 0 bridgehead atoms. The average Bonchev–Trinajstić information content (AvgIpc) is 2.62. The van der Waals surface area contributed by atoms with Crippen LogP contribution in [-0.2, 0) is 10.0 Å². The zero-order chi connectivity index (χ0) is 18.7. The summed E-state index contributed by atoms with van der Waals surface area (Å²) in [4.78, 5) is 2.54. The van der Waals surface area contributed by atoms with Crippen LogP contribution in [0, 0.1) is 0 Å². The van der Waals surface area contributed by atoms with E-state index in [1.165, 1.54) is 25.7 Å². The molecule has 0 heterocycles. The molecule has 0 spiro atoms. The van der Waals surface area contributed by atoms with Crippen LogP contribution in [0.25, 0.3) is 0 Å². The van der Waals surface area contributed by atoms with Crippen molar-refractivity contribution in [3.8, 4) is 0 Å². The molecule has 1 N–H and O–H groups in total. The van der Waals surface area contributed by atoms with Gasteiger partial charge in [-0.3, -0.25) is 0 Å².